The van der Waals surface area contributed by atoms with Crippen LogP contribution in [-0.4, -0.2) is 91.2 Å². The predicted octanol–water partition coefficient (Wildman–Crippen LogP) is 1.53. The van der Waals surface area contributed by atoms with Gasteiger partial charge in [-0.05, 0) is 87.0 Å². The number of H-pyrrole nitrogens is 1. The van der Waals surface area contributed by atoms with Crippen molar-refractivity contribution in [2.45, 2.75) is 75.2 Å². The first-order valence-electron chi connectivity index (χ1n) is 15.0. The van der Waals surface area contributed by atoms with Crippen molar-refractivity contribution in [2.75, 3.05) is 19.8 Å². The first-order valence-corrected chi connectivity index (χ1v) is 15.0. The molecule has 46 heavy (non-hydrogen) atoms. The van der Waals surface area contributed by atoms with Gasteiger partial charge in [-0.2, -0.15) is 13.2 Å². The summed E-state index contributed by atoms with van der Waals surface area (Å²) in [4.78, 5) is 15.2. The number of phenolic OH excluding ortho intramolecular Hbond substituents is 1. The van der Waals surface area contributed by atoms with E-state index in [1.54, 1.807) is 24.3 Å². The van der Waals surface area contributed by atoms with Crippen LogP contribution in [0, 0.1) is 0 Å². The fourth-order valence-corrected chi connectivity index (χ4v) is 5.16. The lowest BCUT2D eigenvalue weighted by Crippen LogP contribution is -2.47. The minimum atomic E-state index is -4.73. The molecule has 3 aromatic rings. The fourth-order valence-electron chi connectivity index (χ4n) is 5.16. The maximum absolute atomic E-state index is 12.0. The molecule has 2 fully saturated rings. The molecule has 2 heterocycles. The molecule has 0 spiro atoms. The molecular formula is C31H36B2F3N3O7. The molecule has 244 valence electrons. The van der Waals surface area contributed by atoms with E-state index in [9.17, 15) is 33.3 Å². The first-order chi connectivity index (χ1) is 21.9. The van der Waals surface area contributed by atoms with Gasteiger partial charge in [0.15, 0.2) is 0 Å². The van der Waals surface area contributed by atoms with Crippen molar-refractivity contribution in [1.29, 1.82) is 0 Å². The zero-order valence-corrected chi connectivity index (χ0v) is 25.1. The third-order valence-corrected chi connectivity index (χ3v) is 7.79. The summed E-state index contributed by atoms with van der Waals surface area (Å²) in [6, 6.07) is 15.3. The number of aromatic amines is 1. The number of hydrogen-bond acceptors (Lipinski definition) is 9. The number of nitrogens with zero attached hydrogens (tertiary/aromatic N) is 1. The van der Waals surface area contributed by atoms with Gasteiger partial charge in [0.1, 0.15) is 50.8 Å². The van der Waals surface area contributed by atoms with E-state index in [0.717, 1.165) is 44.4 Å². The van der Waals surface area contributed by atoms with Crippen LogP contribution in [-0.2, 0) is 22.1 Å². The Morgan fingerprint density at radius 3 is 2.22 bits per heavy atom. The molecular weight excluding hydrogens is 605 g/mol. The van der Waals surface area contributed by atoms with Crippen LogP contribution in [0.1, 0.15) is 43.4 Å². The Morgan fingerprint density at radius 2 is 1.59 bits per heavy atom. The first kappa shape index (κ1) is 35.5. The lowest BCUT2D eigenvalue weighted by atomic mass is 9.92. The van der Waals surface area contributed by atoms with Crippen LogP contribution in [0.2, 0.25) is 0 Å². The van der Waals surface area contributed by atoms with Crippen LogP contribution in [0.15, 0.2) is 53.3 Å². The Hall–Kier alpha value is -3.36. The second kappa shape index (κ2) is 16.5. The number of rotatable bonds is 9. The third-order valence-electron chi connectivity index (χ3n) is 7.79. The van der Waals surface area contributed by atoms with E-state index in [2.05, 4.69) is 22.4 Å². The Bertz CT molecular complexity index is 1440. The number of halogens is 3. The molecule has 2 aliphatic rings. The molecule has 3 unspecified atom stereocenters. The highest BCUT2D eigenvalue weighted by molar-refractivity contribution is 6.34. The number of phenols is 1. The van der Waals surface area contributed by atoms with Crippen LogP contribution in [0.25, 0.3) is 0 Å². The summed E-state index contributed by atoms with van der Waals surface area (Å²) in [6.45, 7) is 1.73. The normalized spacial score (nSPS) is 23.3. The van der Waals surface area contributed by atoms with E-state index >= 15 is 0 Å². The van der Waals surface area contributed by atoms with Crippen LogP contribution in [0.4, 0.5) is 13.2 Å². The average molecular weight is 641 g/mol. The molecule has 5 rings (SSSR count). The highest BCUT2D eigenvalue weighted by atomic mass is 19.4. The zero-order chi connectivity index (χ0) is 33.3. The van der Waals surface area contributed by atoms with Gasteiger partial charge in [-0.15, -0.1) is 0 Å². The van der Waals surface area contributed by atoms with Gasteiger partial charge < -0.3 is 39.8 Å². The quantitative estimate of drug-likeness (QED) is 0.220. The molecule has 1 aromatic heterocycles. The van der Waals surface area contributed by atoms with Gasteiger partial charge in [-0.25, -0.2) is 0 Å². The molecule has 0 amide bonds. The molecule has 1 saturated carbocycles. The molecule has 5 N–H and O–H groups in total. The molecule has 15 heteroatoms. The topological polar surface area (TPSA) is 146 Å². The molecule has 0 bridgehead atoms. The average Bonchev–Trinajstić information content (AvgIpc) is 3.02. The molecule has 2 aromatic carbocycles. The number of hydrogen-bond donors (Lipinski definition) is 5. The lowest BCUT2D eigenvalue weighted by molar-refractivity contribution is -0.163. The second-order valence-corrected chi connectivity index (χ2v) is 11.2. The Morgan fingerprint density at radius 1 is 0.957 bits per heavy atom. The molecule has 4 radical (unpaired) electrons. The summed E-state index contributed by atoms with van der Waals surface area (Å²) < 4.78 is 53.4. The number of aromatic nitrogens is 2. The smallest absolute Gasteiger partial charge is 0.432 e. The standard InChI is InChI=1S/C26H35NO6.C5HB2F3N2O/c28-20-5-11-23(12-6-20)33-22-7-1-18(2-8-22)13-15-27-19-3-9-21(10-4-19)32-17-25-26(30)24(29)14-16-31-25;6-2-1(5(8,9)10)11-4(13)3(7)12-2/h1-2,5-8,11-12,19,21,24-30H,3-4,9-10,13-17H2;(H,11,13). The number of aliphatic hydroxyl groups is 2. The minimum absolute atomic E-state index is 0.194. The Kier molecular flexibility index (Phi) is 12.7. The van der Waals surface area contributed by atoms with Crippen LogP contribution >= 0.6 is 0 Å². The fraction of sp³-hybridized carbons (Fsp3) is 0.484. The molecule has 1 aliphatic heterocycles. The summed E-state index contributed by atoms with van der Waals surface area (Å²) in [5.41, 5.74) is -2.67. The van der Waals surface area contributed by atoms with Gasteiger partial charge in [-0.1, -0.05) is 12.1 Å². The van der Waals surface area contributed by atoms with E-state index in [1.165, 1.54) is 10.5 Å². The van der Waals surface area contributed by atoms with Crippen molar-refractivity contribution in [3.8, 4) is 17.2 Å². The van der Waals surface area contributed by atoms with Crippen molar-refractivity contribution in [3.05, 3.63) is 70.1 Å². The van der Waals surface area contributed by atoms with E-state index < -0.39 is 46.9 Å². The largest absolute Gasteiger partial charge is 0.508 e. The number of aromatic hydroxyl groups is 1. The van der Waals surface area contributed by atoms with Gasteiger partial charge in [0.2, 0.25) is 0 Å². The van der Waals surface area contributed by atoms with E-state index in [1.807, 2.05) is 12.1 Å². The number of ether oxygens (including phenoxy) is 3. The predicted molar refractivity (Wildman–Crippen MR) is 165 cm³/mol. The van der Waals surface area contributed by atoms with E-state index in [4.69, 9.17) is 29.9 Å². The SMILES string of the molecule is Oc1ccc(Oc2ccc(CCNC3CCC(OCC4OCCC(O)C4O)CC3)cc2)cc1.[B]c1nc([B])c(=O)[nH]c1C(F)(F)F. The highest BCUT2D eigenvalue weighted by Gasteiger charge is 2.34. The van der Waals surface area contributed by atoms with Crippen LogP contribution in [0.3, 0.4) is 0 Å². The molecule has 1 aliphatic carbocycles. The van der Waals surface area contributed by atoms with Gasteiger partial charge in [0.25, 0.3) is 5.56 Å². The molecule has 1 saturated heterocycles. The highest BCUT2D eigenvalue weighted by Crippen LogP contribution is 2.26. The number of nitrogens with one attached hydrogen (secondary N) is 2. The Balaban J connectivity index is 0.000000310. The summed E-state index contributed by atoms with van der Waals surface area (Å²) in [6.07, 6.45) is -0.979. The maximum atomic E-state index is 12.0. The summed E-state index contributed by atoms with van der Waals surface area (Å²) >= 11 is 0. The van der Waals surface area contributed by atoms with Crippen molar-refractivity contribution in [1.82, 2.24) is 15.3 Å². The Labute approximate surface area is 267 Å². The molecule has 3 atom stereocenters. The van der Waals surface area contributed by atoms with Crippen molar-refractivity contribution in [3.63, 3.8) is 0 Å². The van der Waals surface area contributed by atoms with Gasteiger partial charge >= 0.3 is 6.18 Å². The van der Waals surface area contributed by atoms with Crippen molar-refractivity contribution >= 4 is 26.9 Å². The monoisotopic (exact) mass is 641 g/mol. The van der Waals surface area contributed by atoms with Gasteiger partial charge in [0, 0.05) is 18.2 Å². The van der Waals surface area contributed by atoms with E-state index in [0.29, 0.717) is 31.4 Å². The minimum Gasteiger partial charge on any atom is -0.508 e. The third kappa shape index (κ3) is 10.6. The number of aliphatic hydroxyl groups excluding tert-OH is 2. The number of benzene rings is 2. The summed E-state index contributed by atoms with van der Waals surface area (Å²) in [5, 5.41) is 32.8. The van der Waals surface area contributed by atoms with Crippen LogP contribution in [0.5, 0.6) is 17.2 Å². The van der Waals surface area contributed by atoms with Crippen LogP contribution < -0.4 is 26.8 Å². The maximum Gasteiger partial charge on any atom is 0.432 e. The van der Waals surface area contributed by atoms with Gasteiger partial charge in [0.05, 0.1) is 24.4 Å². The van der Waals surface area contributed by atoms with Crippen molar-refractivity contribution in [2.24, 2.45) is 0 Å². The van der Waals surface area contributed by atoms with Gasteiger partial charge in [-0.3, -0.25) is 9.78 Å². The summed E-state index contributed by atoms with van der Waals surface area (Å²) in [7, 11) is 9.83. The second-order valence-electron chi connectivity index (χ2n) is 11.2. The summed E-state index contributed by atoms with van der Waals surface area (Å²) in [5.74, 6) is 1.69. The lowest BCUT2D eigenvalue weighted by Gasteiger charge is -2.34. The number of alkyl halides is 3. The van der Waals surface area contributed by atoms with Crippen molar-refractivity contribution < 1.29 is 42.7 Å². The molecule has 10 nitrogen and oxygen atoms in total. The van der Waals surface area contributed by atoms with E-state index in [-0.39, 0.29) is 11.9 Å². The zero-order valence-electron chi connectivity index (χ0n) is 25.1.